The lowest BCUT2D eigenvalue weighted by Gasteiger charge is -2.31. The summed E-state index contributed by atoms with van der Waals surface area (Å²) < 4.78 is 2.24. The van der Waals surface area contributed by atoms with Gasteiger partial charge in [-0.05, 0) is 12.8 Å². The average Bonchev–Trinajstić information content (AvgIpc) is 2.48. The van der Waals surface area contributed by atoms with Crippen molar-refractivity contribution in [2.45, 2.75) is 38.1 Å². The first kappa shape index (κ1) is 14.6. The molecule has 1 aromatic heterocycles. The van der Waals surface area contributed by atoms with Gasteiger partial charge in [-0.1, -0.05) is 19.3 Å². The van der Waals surface area contributed by atoms with Crippen molar-refractivity contribution in [2.75, 3.05) is 7.05 Å². The Morgan fingerprint density at radius 2 is 1.80 bits per heavy atom. The molecule has 0 aromatic carbocycles. The van der Waals surface area contributed by atoms with Crippen molar-refractivity contribution < 1.29 is 4.79 Å². The fourth-order valence-corrected chi connectivity index (χ4v) is 2.78. The molecule has 0 radical (unpaired) electrons. The molecular formula is C14H21N3O3. The predicted octanol–water partition coefficient (Wildman–Crippen LogP) is 0.489. The third kappa shape index (κ3) is 2.55. The van der Waals surface area contributed by atoms with Gasteiger partial charge >= 0.3 is 5.69 Å². The lowest BCUT2D eigenvalue weighted by molar-refractivity contribution is 0.0692. The Balaban J connectivity index is 2.34. The number of aryl methyl sites for hydroxylation is 1. The fraction of sp³-hybridized carbons (Fsp3) is 0.643. The Labute approximate surface area is 117 Å². The zero-order valence-electron chi connectivity index (χ0n) is 12.3. The molecular weight excluding hydrogens is 258 g/mol. The summed E-state index contributed by atoms with van der Waals surface area (Å²) in [6.07, 6.45) is 6.75. The van der Waals surface area contributed by atoms with Gasteiger partial charge in [-0.15, -0.1) is 0 Å². The molecule has 1 saturated carbocycles. The summed E-state index contributed by atoms with van der Waals surface area (Å²) in [5.41, 5.74) is -0.893. The summed E-state index contributed by atoms with van der Waals surface area (Å²) in [5.74, 6) is -0.298. The number of carbonyl (C=O) groups is 1. The molecule has 1 fully saturated rings. The summed E-state index contributed by atoms with van der Waals surface area (Å²) >= 11 is 0. The smallest absolute Gasteiger partial charge is 0.330 e. The van der Waals surface area contributed by atoms with Crippen molar-refractivity contribution in [2.24, 2.45) is 14.1 Å². The van der Waals surface area contributed by atoms with Gasteiger partial charge in [0.1, 0.15) is 5.56 Å². The van der Waals surface area contributed by atoms with Crippen molar-refractivity contribution in [3.63, 3.8) is 0 Å². The minimum atomic E-state index is -0.527. The standard InChI is InChI=1S/C14H21N3O3/c1-15-9-11(13(19)17(3)14(15)20)12(18)16(2)10-7-5-4-6-8-10/h9-10H,4-8H2,1-3H3. The number of hydrogen-bond donors (Lipinski definition) is 0. The highest BCUT2D eigenvalue weighted by Gasteiger charge is 2.25. The minimum Gasteiger partial charge on any atom is -0.339 e. The van der Waals surface area contributed by atoms with E-state index in [0.717, 1.165) is 30.3 Å². The Kier molecular flexibility index (Phi) is 4.11. The van der Waals surface area contributed by atoms with E-state index in [1.165, 1.54) is 24.2 Å². The zero-order valence-corrected chi connectivity index (χ0v) is 12.3. The number of hydrogen-bond acceptors (Lipinski definition) is 3. The number of nitrogens with zero attached hydrogens (tertiary/aromatic N) is 3. The lowest BCUT2D eigenvalue weighted by atomic mass is 9.94. The second-order valence-electron chi connectivity index (χ2n) is 5.51. The van der Waals surface area contributed by atoms with Crippen LogP contribution in [0.25, 0.3) is 0 Å². The van der Waals surface area contributed by atoms with Gasteiger partial charge in [-0.2, -0.15) is 0 Å². The molecule has 0 unspecified atom stereocenters. The van der Waals surface area contributed by atoms with Crippen LogP contribution in [0, 0.1) is 0 Å². The quantitative estimate of drug-likeness (QED) is 0.791. The molecule has 110 valence electrons. The highest BCUT2D eigenvalue weighted by Crippen LogP contribution is 2.22. The number of rotatable bonds is 2. The molecule has 1 aromatic rings. The molecule has 20 heavy (non-hydrogen) atoms. The third-order valence-electron chi connectivity index (χ3n) is 4.12. The first-order valence-electron chi connectivity index (χ1n) is 6.97. The van der Waals surface area contributed by atoms with Crippen LogP contribution in [0.15, 0.2) is 15.8 Å². The van der Waals surface area contributed by atoms with E-state index in [1.54, 1.807) is 19.0 Å². The number of carbonyl (C=O) groups excluding carboxylic acids is 1. The number of aromatic nitrogens is 2. The van der Waals surface area contributed by atoms with Gasteiger partial charge in [0.2, 0.25) is 0 Å². The van der Waals surface area contributed by atoms with Crippen LogP contribution in [0.4, 0.5) is 0 Å². The molecule has 6 heteroatoms. The van der Waals surface area contributed by atoms with Crippen LogP contribution in [0.2, 0.25) is 0 Å². The SMILES string of the molecule is CN(C(=O)c1cn(C)c(=O)n(C)c1=O)C1CCCCC1. The maximum atomic E-state index is 12.5. The molecule has 0 N–H and O–H groups in total. The van der Waals surface area contributed by atoms with E-state index < -0.39 is 11.2 Å². The molecule has 6 nitrogen and oxygen atoms in total. The number of amides is 1. The van der Waals surface area contributed by atoms with Crippen LogP contribution in [0.1, 0.15) is 42.5 Å². The molecule has 0 aliphatic heterocycles. The van der Waals surface area contributed by atoms with Crippen molar-refractivity contribution >= 4 is 5.91 Å². The lowest BCUT2D eigenvalue weighted by Crippen LogP contribution is -2.45. The molecule has 1 heterocycles. The van der Waals surface area contributed by atoms with E-state index in [9.17, 15) is 14.4 Å². The fourth-order valence-electron chi connectivity index (χ4n) is 2.78. The van der Waals surface area contributed by atoms with Gasteiger partial charge in [0, 0.05) is 33.4 Å². The zero-order chi connectivity index (χ0) is 14.9. The summed E-state index contributed by atoms with van der Waals surface area (Å²) in [5, 5.41) is 0. The van der Waals surface area contributed by atoms with Gasteiger partial charge in [0.15, 0.2) is 0 Å². The first-order chi connectivity index (χ1) is 9.43. The Hall–Kier alpha value is -1.85. The minimum absolute atomic E-state index is 0.0580. The molecule has 2 rings (SSSR count). The van der Waals surface area contributed by atoms with Crippen LogP contribution in [-0.4, -0.2) is 33.0 Å². The van der Waals surface area contributed by atoms with E-state index in [-0.39, 0.29) is 17.5 Å². The van der Waals surface area contributed by atoms with Gasteiger partial charge in [0.25, 0.3) is 11.5 Å². The molecule has 0 bridgehead atoms. The largest absolute Gasteiger partial charge is 0.339 e. The highest BCUT2D eigenvalue weighted by atomic mass is 16.2. The van der Waals surface area contributed by atoms with Crippen molar-refractivity contribution in [1.82, 2.24) is 14.0 Å². The topological polar surface area (TPSA) is 64.3 Å². The maximum absolute atomic E-state index is 12.5. The summed E-state index contributed by atoms with van der Waals surface area (Å²) in [6, 6.07) is 0.193. The molecule has 1 aliphatic rings. The van der Waals surface area contributed by atoms with Gasteiger partial charge in [-0.3, -0.25) is 14.2 Å². The van der Waals surface area contributed by atoms with Crippen molar-refractivity contribution in [3.05, 3.63) is 32.6 Å². The second-order valence-corrected chi connectivity index (χ2v) is 5.51. The Morgan fingerprint density at radius 1 is 1.20 bits per heavy atom. The Morgan fingerprint density at radius 3 is 2.40 bits per heavy atom. The van der Waals surface area contributed by atoms with Gasteiger partial charge in [0.05, 0.1) is 0 Å². The normalized spacial score (nSPS) is 16.1. The van der Waals surface area contributed by atoms with E-state index in [1.807, 2.05) is 0 Å². The van der Waals surface area contributed by atoms with E-state index in [4.69, 9.17) is 0 Å². The van der Waals surface area contributed by atoms with Crippen LogP contribution < -0.4 is 11.2 Å². The Bertz CT molecular complexity index is 624. The summed E-state index contributed by atoms with van der Waals surface area (Å²) in [6.45, 7) is 0. The highest BCUT2D eigenvalue weighted by molar-refractivity contribution is 5.93. The maximum Gasteiger partial charge on any atom is 0.330 e. The van der Waals surface area contributed by atoms with Crippen molar-refractivity contribution in [3.8, 4) is 0 Å². The molecule has 1 aliphatic carbocycles. The monoisotopic (exact) mass is 279 g/mol. The van der Waals surface area contributed by atoms with Gasteiger partial charge < -0.3 is 9.47 Å². The van der Waals surface area contributed by atoms with Gasteiger partial charge in [-0.25, -0.2) is 4.79 Å². The predicted molar refractivity (Wildman–Crippen MR) is 75.9 cm³/mol. The third-order valence-corrected chi connectivity index (χ3v) is 4.12. The van der Waals surface area contributed by atoms with Crippen LogP contribution in [-0.2, 0) is 14.1 Å². The molecule has 1 amide bonds. The summed E-state index contributed by atoms with van der Waals surface area (Å²) in [4.78, 5) is 37.8. The summed E-state index contributed by atoms with van der Waals surface area (Å²) in [7, 11) is 4.67. The van der Waals surface area contributed by atoms with E-state index >= 15 is 0 Å². The second kappa shape index (κ2) is 5.64. The van der Waals surface area contributed by atoms with Crippen LogP contribution >= 0.6 is 0 Å². The average molecular weight is 279 g/mol. The van der Waals surface area contributed by atoms with Crippen LogP contribution in [0.3, 0.4) is 0 Å². The first-order valence-corrected chi connectivity index (χ1v) is 6.97. The molecule has 0 atom stereocenters. The van der Waals surface area contributed by atoms with E-state index in [2.05, 4.69) is 0 Å². The van der Waals surface area contributed by atoms with Crippen LogP contribution in [0.5, 0.6) is 0 Å². The molecule has 0 spiro atoms. The van der Waals surface area contributed by atoms with E-state index in [0.29, 0.717) is 0 Å². The van der Waals surface area contributed by atoms with Crippen molar-refractivity contribution in [1.29, 1.82) is 0 Å². The molecule has 0 saturated heterocycles.